The molecule has 1 fully saturated rings. The fraction of sp³-hybridized carbons (Fsp3) is 0.533. The number of urea groups is 1. The lowest BCUT2D eigenvalue weighted by atomic mass is 9.88. The van der Waals surface area contributed by atoms with E-state index in [1.807, 2.05) is 13.0 Å². The summed E-state index contributed by atoms with van der Waals surface area (Å²) in [6, 6.07) is 3.41. The summed E-state index contributed by atoms with van der Waals surface area (Å²) >= 11 is 12.1. The predicted molar refractivity (Wildman–Crippen MR) is 85.0 cm³/mol. The minimum Gasteiger partial charge on any atom is -0.380 e. The van der Waals surface area contributed by atoms with Gasteiger partial charge in [0.05, 0.1) is 13.2 Å². The number of hydrogen-bond acceptors (Lipinski definition) is 2. The number of ether oxygens (including phenoxy) is 1. The molecule has 116 valence electrons. The molecule has 0 atom stereocenters. The summed E-state index contributed by atoms with van der Waals surface area (Å²) in [7, 11) is 1.79. The van der Waals surface area contributed by atoms with E-state index in [0.717, 1.165) is 11.1 Å². The number of aryl methyl sites for hydroxylation is 1. The largest absolute Gasteiger partial charge is 0.380 e. The molecule has 1 aliphatic rings. The monoisotopic (exact) mass is 330 g/mol. The smallest absolute Gasteiger partial charge is 0.317 e. The summed E-state index contributed by atoms with van der Waals surface area (Å²) in [6.45, 7) is 6.50. The van der Waals surface area contributed by atoms with Crippen LogP contribution in [0.3, 0.4) is 0 Å². The number of carbonyl (C=O) groups excluding carboxylic acids is 1. The van der Waals surface area contributed by atoms with Gasteiger partial charge in [-0.1, -0.05) is 30.1 Å². The van der Waals surface area contributed by atoms with Crippen LogP contribution in [0.4, 0.5) is 4.79 Å². The molecule has 0 aromatic heterocycles. The third-order valence-electron chi connectivity index (χ3n) is 3.67. The van der Waals surface area contributed by atoms with Crippen LogP contribution in [0.15, 0.2) is 12.1 Å². The van der Waals surface area contributed by atoms with Crippen molar-refractivity contribution in [3.63, 3.8) is 0 Å². The van der Waals surface area contributed by atoms with Crippen LogP contribution in [0.1, 0.15) is 18.1 Å². The first-order valence-corrected chi connectivity index (χ1v) is 7.57. The Kier molecular flexibility index (Phi) is 5.02. The molecule has 1 heterocycles. The van der Waals surface area contributed by atoms with E-state index in [0.29, 0.717) is 36.3 Å². The molecular formula is C15H20Cl2N2O2. The molecule has 0 aliphatic carbocycles. The number of halogens is 2. The predicted octanol–water partition coefficient (Wildman–Crippen LogP) is 3.48. The third kappa shape index (κ3) is 4.02. The topological polar surface area (TPSA) is 41.6 Å². The highest BCUT2D eigenvalue weighted by molar-refractivity contribution is 6.35. The molecule has 4 nitrogen and oxygen atoms in total. The molecule has 1 aliphatic heterocycles. The lowest BCUT2D eigenvalue weighted by Gasteiger charge is -2.40. The van der Waals surface area contributed by atoms with Gasteiger partial charge in [0.25, 0.3) is 0 Å². The molecule has 21 heavy (non-hydrogen) atoms. The van der Waals surface area contributed by atoms with E-state index in [9.17, 15) is 4.79 Å². The second-order valence-corrected chi connectivity index (χ2v) is 6.84. The van der Waals surface area contributed by atoms with Crippen LogP contribution >= 0.6 is 23.2 Å². The van der Waals surface area contributed by atoms with Gasteiger partial charge in [0, 0.05) is 35.6 Å². The van der Waals surface area contributed by atoms with Gasteiger partial charge in [-0.15, -0.1) is 0 Å². The Labute approximate surface area is 135 Å². The Morgan fingerprint density at radius 3 is 2.62 bits per heavy atom. The maximum Gasteiger partial charge on any atom is 0.317 e. The first-order valence-electron chi connectivity index (χ1n) is 6.82. The molecule has 0 bridgehead atoms. The van der Waals surface area contributed by atoms with Gasteiger partial charge in [-0.2, -0.15) is 0 Å². The van der Waals surface area contributed by atoms with Gasteiger partial charge in [-0.05, 0) is 30.2 Å². The Hall–Kier alpha value is -0.970. The van der Waals surface area contributed by atoms with Crippen molar-refractivity contribution < 1.29 is 9.53 Å². The Balaban J connectivity index is 1.92. The second-order valence-electron chi connectivity index (χ2n) is 6.00. The fourth-order valence-electron chi connectivity index (χ4n) is 2.44. The lowest BCUT2D eigenvalue weighted by Crippen LogP contribution is -2.51. The number of hydrogen-bond donors (Lipinski definition) is 1. The average Bonchev–Trinajstić information content (AvgIpc) is 2.35. The van der Waals surface area contributed by atoms with Crippen molar-refractivity contribution in [3.05, 3.63) is 33.3 Å². The van der Waals surface area contributed by atoms with Crippen LogP contribution in [0, 0.1) is 12.3 Å². The zero-order chi connectivity index (χ0) is 15.6. The zero-order valence-corrected chi connectivity index (χ0v) is 14.0. The quantitative estimate of drug-likeness (QED) is 0.918. The molecule has 6 heteroatoms. The first kappa shape index (κ1) is 16.4. The van der Waals surface area contributed by atoms with E-state index in [-0.39, 0.29) is 11.4 Å². The Bertz CT molecular complexity index is 521. The van der Waals surface area contributed by atoms with Crippen molar-refractivity contribution in [3.8, 4) is 0 Å². The van der Waals surface area contributed by atoms with Crippen LogP contribution in [-0.4, -0.2) is 37.7 Å². The molecule has 0 saturated carbocycles. The maximum absolute atomic E-state index is 12.1. The summed E-state index contributed by atoms with van der Waals surface area (Å²) in [6.07, 6.45) is 0. The Morgan fingerprint density at radius 1 is 1.43 bits per heavy atom. The van der Waals surface area contributed by atoms with Crippen molar-refractivity contribution in [2.24, 2.45) is 5.41 Å². The van der Waals surface area contributed by atoms with Crippen LogP contribution in [0.2, 0.25) is 10.0 Å². The number of rotatable bonds is 4. The highest BCUT2D eigenvalue weighted by Gasteiger charge is 2.35. The number of benzene rings is 1. The minimum absolute atomic E-state index is 0.0694. The van der Waals surface area contributed by atoms with Crippen LogP contribution < -0.4 is 5.32 Å². The van der Waals surface area contributed by atoms with Gasteiger partial charge in [-0.25, -0.2) is 4.79 Å². The minimum atomic E-state index is -0.117. The highest BCUT2D eigenvalue weighted by Crippen LogP contribution is 2.27. The molecule has 0 unspecified atom stereocenters. The molecule has 2 amide bonds. The van der Waals surface area contributed by atoms with E-state index in [4.69, 9.17) is 27.9 Å². The number of nitrogens with zero attached hydrogens (tertiary/aromatic N) is 1. The molecule has 2 rings (SSSR count). The standard InChI is InChI=1S/C15H20Cl2N2O2/c1-10-4-11(16)5-13(17)12(10)6-18-14(20)19(3)7-15(2)8-21-9-15/h4-5H,6-9H2,1-3H3,(H,18,20). The van der Waals surface area contributed by atoms with Crippen LogP contribution in [-0.2, 0) is 11.3 Å². The molecule has 1 N–H and O–H groups in total. The van der Waals surface area contributed by atoms with Gasteiger partial charge in [0.15, 0.2) is 0 Å². The SMILES string of the molecule is Cc1cc(Cl)cc(Cl)c1CNC(=O)N(C)CC1(C)COC1. The van der Waals surface area contributed by atoms with Gasteiger partial charge >= 0.3 is 6.03 Å². The Morgan fingerprint density at radius 2 is 2.10 bits per heavy atom. The van der Waals surface area contributed by atoms with Gasteiger partial charge < -0.3 is 15.0 Å². The van der Waals surface area contributed by atoms with Gasteiger partial charge in [0.1, 0.15) is 0 Å². The zero-order valence-electron chi connectivity index (χ0n) is 12.5. The van der Waals surface area contributed by atoms with E-state index >= 15 is 0 Å². The maximum atomic E-state index is 12.1. The average molecular weight is 331 g/mol. The molecule has 0 spiro atoms. The number of carbonyl (C=O) groups is 1. The second kappa shape index (κ2) is 6.42. The van der Waals surface area contributed by atoms with Crippen molar-refractivity contribution in [2.45, 2.75) is 20.4 Å². The number of amides is 2. The van der Waals surface area contributed by atoms with E-state index in [1.165, 1.54) is 0 Å². The van der Waals surface area contributed by atoms with E-state index in [2.05, 4.69) is 12.2 Å². The normalized spacial score (nSPS) is 16.2. The van der Waals surface area contributed by atoms with Crippen molar-refractivity contribution >= 4 is 29.2 Å². The molecule has 1 saturated heterocycles. The lowest BCUT2D eigenvalue weighted by molar-refractivity contribution is -0.108. The summed E-state index contributed by atoms with van der Waals surface area (Å²) in [5, 5.41) is 4.06. The summed E-state index contributed by atoms with van der Waals surface area (Å²) < 4.78 is 5.20. The van der Waals surface area contributed by atoms with E-state index in [1.54, 1.807) is 18.0 Å². The summed E-state index contributed by atoms with van der Waals surface area (Å²) in [5.74, 6) is 0. The van der Waals surface area contributed by atoms with Crippen LogP contribution in [0.5, 0.6) is 0 Å². The van der Waals surface area contributed by atoms with Crippen molar-refractivity contribution in [1.29, 1.82) is 0 Å². The number of nitrogens with one attached hydrogen (secondary N) is 1. The van der Waals surface area contributed by atoms with Gasteiger partial charge in [-0.3, -0.25) is 0 Å². The highest BCUT2D eigenvalue weighted by atomic mass is 35.5. The third-order valence-corrected chi connectivity index (χ3v) is 4.22. The summed E-state index contributed by atoms with van der Waals surface area (Å²) in [5.41, 5.74) is 1.93. The summed E-state index contributed by atoms with van der Waals surface area (Å²) in [4.78, 5) is 13.8. The molecular weight excluding hydrogens is 311 g/mol. The molecule has 1 aromatic carbocycles. The fourth-order valence-corrected chi connectivity index (χ4v) is 3.10. The van der Waals surface area contributed by atoms with Gasteiger partial charge in [0.2, 0.25) is 0 Å². The van der Waals surface area contributed by atoms with E-state index < -0.39 is 0 Å². The van der Waals surface area contributed by atoms with Crippen molar-refractivity contribution in [1.82, 2.24) is 10.2 Å². The first-order chi connectivity index (χ1) is 9.81. The molecule has 1 aromatic rings. The molecule has 0 radical (unpaired) electrons. The van der Waals surface area contributed by atoms with Crippen LogP contribution in [0.25, 0.3) is 0 Å². The van der Waals surface area contributed by atoms with Crippen molar-refractivity contribution in [2.75, 3.05) is 26.8 Å².